The second-order valence-electron chi connectivity index (χ2n) is 5.57. The maximum Gasteiger partial charge on any atom is 0.241 e. The average Bonchev–Trinajstić information content (AvgIpc) is 2.38. The predicted molar refractivity (Wildman–Crippen MR) is 87.9 cm³/mol. The molecule has 1 aromatic carbocycles. The van der Waals surface area contributed by atoms with Gasteiger partial charge in [0.15, 0.2) is 0 Å². The molecule has 1 saturated heterocycles. The summed E-state index contributed by atoms with van der Waals surface area (Å²) in [6.07, 6.45) is 1.85. The summed E-state index contributed by atoms with van der Waals surface area (Å²) in [6, 6.07) is 4.97. The van der Waals surface area contributed by atoms with Gasteiger partial charge >= 0.3 is 0 Å². The Morgan fingerprint density at radius 2 is 2.19 bits per heavy atom. The minimum Gasteiger partial charge on any atom is -0.389 e. The van der Waals surface area contributed by atoms with Crippen LogP contribution in [0.4, 0.5) is 0 Å². The van der Waals surface area contributed by atoms with Crippen LogP contribution in [0.2, 0.25) is 0 Å². The first-order valence-electron chi connectivity index (χ1n) is 6.91. The molecule has 1 fully saturated rings. The molecule has 1 aliphatic heterocycles. The van der Waals surface area contributed by atoms with Gasteiger partial charge in [0.05, 0.1) is 4.90 Å². The Balaban J connectivity index is 2.26. The summed E-state index contributed by atoms with van der Waals surface area (Å²) in [5, 5.41) is 0. The Morgan fingerprint density at radius 1 is 1.48 bits per heavy atom. The van der Waals surface area contributed by atoms with E-state index < -0.39 is 10.0 Å². The molecule has 0 amide bonds. The number of likely N-dealkylation sites (tertiary alicyclic amines) is 1. The van der Waals surface area contributed by atoms with E-state index in [-0.39, 0.29) is 15.9 Å². The van der Waals surface area contributed by atoms with E-state index in [0.717, 1.165) is 25.9 Å². The van der Waals surface area contributed by atoms with Crippen molar-refractivity contribution < 1.29 is 8.42 Å². The highest BCUT2D eigenvalue weighted by molar-refractivity contribution is 7.89. The van der Waals surface area contributed by atoms with Crippen molar-refractivity contribution in [3.63, 3.8) is 0 Å². The lowest BCUT2D eigenvalue weighted by Crippen LogP contribution is -2.46. The zero-order chi connectivity index (χ0) is 15.6. The molecule has 21 heavy (non-hydrogen) atoms. The molecule has 0 aromatic heterocycles. The van der Waals surface area contributed by atoms with Crippen molar-refractivity contribution in [1.82, 2.24) is 9.62 Å². The topological polar surface area (TPSA) is 75.4 Å². The van der Waals surface area contributed by atoms with E-state index in [0.29, 0.717) is 11.1 Å². The number of thiocarbonyl (C=S) groups is 1. The van der Waals surface area contributed by atoms with E-state index in [2.05, 4.69) is 9.62 Å². The Kier molecular flexibility index (Phi) is 4.98. The molecule has 0 saturated carbocycles. The van der Waals surface area contributed by atoms with E-state index in [1.807, 2.05) is 7.05 Å². The van der Waals surface area contributed by atoms with Crippen molar-refractivity contribution in [3.05, 3.63) is 29.3 Å². The summed E-state index contributed by atoms with van der Waals surface area (Å²) in [6.45, 7) is 3.51. The van der Waals surface area contributed by atoms with E-state index in [1.54, 1.807) is 25.1 Å². The van der Waals surface area contributed by atoms with Crippen LogP contribution in [0.3, 0.4) is 0 Å². The van der Waals surface area contributed by atoms with E-state index >= 15 is 0 Å². The average molecular weight is 327 g/mol. The highest BCUT2D eigenvalue weighted by Crippen LogP contribution is 2.19. The van der Waals surface area contributed by atoms with Gasteiger partial charge in [-0.25, -0.2) is 13.1 Å². The van der Waals surface area contributed by atoms with Crippen LogP contribution >= 0.6 is 12.2 Å². The van der Waals surface area contributed by atoms with Crippen molar-refractivity contribution in [2.45, 2.75) is 30.7 Å². The Hall–Kier alpha value is -1.02. The summed E-state index contributed by atoms with van der Waals surface area (Å²) >= 11 is 4.92. The number of nitrogens with zero attached hydrogens (tertiary/aromatic N) is 1. The van der Waals surface area contributed by atoms with Crippen molar-refractivity contribution in [2.75, 3.05) is 20.1 Å². The van der Waals surface area contributed by atoms with Gasteiger partial charge in [-0.3, -0.25) is 0 Å². The van der Waals surface area contributed by atoms with Crippen LogP contribution in [-0.4, -0.2) is 44.5 Å². The summed E-state index contributed by atoms with van der Waals surface area (Å²) in [7, 11) is -1.56. The standard InChI is InChI=1S/C14H21N3O2S2/c1-10-5-6-11(14(15)20)8-13(10)21(18,19)16-12-4-3-7-17(2)9-12/h5-6,8,12,16H,3-4,7,9H2,1-2H3,(H2,15,20). The number of likely N-dealkylation sites (N-methyl/N-ethyl adjacent to an activating group) is 1. The van der Waals surface area contributed by atoms with Crippen molar-refractivity contribution in [2.24, 2.45) is 5.73 Å². The number of piperidine rings is 1. The zero-order valence-electron chi connectivity index (χ0n) is 12.3. The van der Waals surface area contributed by atoms with Crippen molar-refractivity contribution in [1.29, 1.82) is 0 Å². The van der Waals surface area contributed by atoms with E-state index in [4.69, 9.17) is 18.0 Å². The Bertz CT molecular complexity index is 644. The Labute approximate surface area is 131 Å². The third kappa shape index (κ3) is 4.00. The summed E-state index contributed by atoms with van der Waals surface area (Å²) in [5.74, 6) is 0. The quantitative estimate of drug-likeness (QED) is 0.807. The predicted octanol–water partition coefficient (Wildman–Crippen LogP) is 1.00. The molecule has 5 nitrogen and oxygen atoms in total. The summed E-state index contributed by atoms with van der Waals surface area (Å²) in [5.41, 5.74) is 6.84. The molecular weight excluding hydrogens is 306 g/mol. The Morgan fingerprint density at radius 3 is 2.81 bits per heavy atom. The van der Waals surface area contributed by atoms with Gasteiger partial charge in [0, 0.05) is 18.2 Å². The highest BCUT2D eigenvalue weighted by Gasteiger charge is 2.25. The third-order valence-corrected chi connectivity index (χ3v) is 5.61. The molecule has 0 aliphatic carbocycles. The smallest absolute Gasteiger partial charge is 0.241 e. The van der Waals surface area contributed by atoms with Gasteiger partial charge in [0.25, 0.3) is 0 Å². The number of hydrogen-bond acceptors (Lipinski definition) is 4. The lowest BCUT2D eigenvalue weighted by Gasteiger charge is -2.30. The molecule has 0 bridgehead atoms. The van der Waals surface area contributed by atoms with Crippen LogP contribution in [0.1, 0.15) is 24.0 Å². The molecule has 1 atom stereocenters. The van der Waals surface area contributed by atoms with Gasteiger partial charge in [-0.2, -0.15) is 0 Å². The SMILES string of the molecule is Cc1ccc(C(N)=S)cc1S(=O)(=O)NC1CCCN(C)C1. The van der Waals surface area contributed by atoms with Gasteiger partial charge in [-0.1, -0.05) is 24.4 Å². The van der Waals surface area contributed by atoms with Crippen LogP contribution in [0.15, 0.2) is 23.1 Å². The van der Waals surface area contributed by atoms with Crippen LogP contribution in [0.25, 0.3) is 0 Å². The molecular formula is C14H21N3O2S2. The summed E-state index contributed by atoms with van der Waals surface area (Å²) < 4.78 is 28.0. The fourth-order valence-electron chi connectivity index (χ4n) is 2.59. The maximum atomic E-state index is 12.6. The fraction of sp³-hybridized carbons (Fsp3) is 0.500. The molecule has 3 N–H and O–H groups in total. The third-order valence-electron chi connectivity index (χ3n) is 3.71. The molecule has 1 heterocycles. The molecule has 0 spiro atoms. The van der Waals surface area contributed by atoms with Gasteiger partial charge < -0.3 is 10.6 Å². The normalized spacial score (nSPS) is 20.4. The number of sulfonamides is 1. The molecule has 0 radical (unpaired) electrons. The first kappa shape index (κ1) is 16.4. The van der Waals surface area contributed by atoms with Gasteiger partial charge in [-0.15, -0.1) is 0 Å². The zero-order valence-corrected chi connectivity index (χ0v) is 13.9. The molecule has 7 heteroatoms. The number of rotatable bonds is 4. The lowest BCUT2D eigenvalue weighted by atomic mass is 10.1. The maximum absolute atomic E-state index is 12.6. The van der Waals surface area contributed by atoms with Crippen LogP contribution in [0, 0.1) is 6.92 Å². The fourth-order valence-corrected chi connectivity index (χ4v) is 4.25. The molecule has 116 valence electrons. The molecule has 1 aromatic rings. The number of nitrogens with one attached hydrogen (secondary N) is 1. The minimum absolute atomic E-state index is 0.0540. The van der Waals surface area contributed by atoms with Crippen LogP contribution in [0.5, 0.6) is 0 Å². The second kappa shape index (κ2) is 6.39. The molecule has 1 aliphatic rings. The van der Waals surface area contributed by atoms with E-state index in [9.17, 15) is 8.42 Å². The van der Waals surface area contributed by atoms with Crippen molar-refractivity contribution >= 4 is 27.2 Å². The van der Waals surface area contributed by atoms with Gasteiger partial charge in [-0.05, 0) is 45.0 Å². The molecule has 2 rings (SSSR count). The largest absolute Gasteiger partial charge is 0.389 e. The number of benzene rings is 1. The summed E-state index contributed by atoms with van der Waals surface area (Å²) in [4.78, 5) is 2.58. The second-order valence-corrected chi connectivity index (χ2v) is 7.69. The highest BCUT2D eigenvalue weighted by atomic mass is 32.2. The van der Waals surface area contributed by atoms with E-state index in [1.165, 1.54) is 0 Å². The van der Waals surface area contributed by atoms with Gasteiger partial charge in [0.1, 0.15) is 4.99 Å². The number of aryl methyl sites for hydroxylation is 1. The lowest BCUT2D eigenvalue weighted by molar-refractivity contribution is 0.242. The van der Waals surface area contributed by atoms with Gasteiger partial charge in [0.2, 0.25) is 10.0 Å². The van der Waals surface area contributed by atoms with Crippen molar-refractivity contribution in [3.8, 4) is 0 Å². The first-order valence-corrected chi connectivity index (χ1v) is 8.80. The minimum atomic E-state index is -3.56. The first-order chi connectivity index (χ1) is 9.79. The van der Waals surface area contributed by atoms with Crippen LogP contribution in [-0.2, 0) is 10.0 Å². The number of nitrogens with two attached hydrogens (primary N) is 1. The molecule has 1 unspecified atom stereocenters. The number of hydrogen-bond donors (Lipinski definition) is 2. The van der Waals surface area contributed by atoms with Crippen LogP contribution < -0.4 is 10.5 Å². The monoisotopic (exact) mass is 327 g/mol.